The van der Waals surface area contributed by atoms with E-state index >= 15 is 0 Å². The summed E-state index contributed by atoms with van der Waals surface area (Å²) in [4.78, 5) is 60.1. The number of nitrogens with zero attached hydrogens (tertiary/aromatic N) is 2. The number of esters is 1. The van der Waals surface area contributed by atoms with Crippen LogP contribution < -0.4 is 5.32 Å². The highest BCUT2D eigenvalue weighted by Gasteiger charge is 2.77. The van der Waals surface area contributed by atoms with Crippen LogP contribution in [0.4, 0.5) is 0 Å². The number of amides is 3. The fraction of sp³-hybridized carbons (Fsp3) is 0.512. The van der Waals surface area contributed by atoms with Crippen LogP contribution in [0.15, 0.2) is 86.0 Å². The standard InChI is InChI=1S/C41H52BrN3O7/c1-6-9-21-32(47)43-27(5)35(29-19-14-11-15-20-29)51-40(50)33-34-38(48)45(30(25-46)23-28-17-12-10-13-18-28)37(41(34)24-31(42)36(33)52-41)39(49)44(22-8-3)26(4)16-7-2/h6,8,10-15,17-20,26-27,30-31,33-37,46H,1,3,7,9,16,21-25H2,2,4-5H3,(H,43,47)/t26?,27-,30-,31?,33-,34+,35-,36-,37-,41+/m1/s1. The molecule has 1 spiro atoms. The topological polar surface area (TPSA) is 125 Å². The zero-order valence-corrected chi connectivity index (χ0v) is 32.0. The summed E-state index contributed by atoms with van der Waals surface area (Å²) >= 11 is 3.76. The van der Waals surface area contributed by atoms with Crippen LogP contribution in [0, 0.1) is 11.8 Å². The fourth-order valence-corrected chi connectivity index (χ4v) is 9.39. The molecule has 2 unspecified atom stereocenters. The number of carbonyl (C=O) groups excluding carboxylic acids is 4. The van der Waals surface area contributed by atoms with Crippen molar-refractivity contribution in [3.05, 3.63) is 97.1 Å². The van der Waals surface area contributed by atoms with Crippen molar-refractivity contribution >= 4 is 39.6 Å². The number of halogens is 1. The summed E-state index contributed by atoms with van der Waals surface area (Å²) in [6.07, 6.45) is 4.70. The number of ether oxygens (including phenoxy) is 2. The van der Waals surface area contributed by atoms with Crippen molar-refractivity contribution in [3.63, 3.8) is 0 Å². The average Bonchev–Trinajstić information content (AvgIpc) is 3.74. The molecule has 52 heavy (non-hydrogen) atoms. The average molecular weight is 779 g/mol. The molecule has 2 aromatic rings. The van der Waals surface area contributed by atoms with E-state index in [9.17, 15) is 24.3 Å². The third-order valence-electron chi connectivity index (χ3n) is 10.8. The van der Waals surface area contributed by atoms with Gasteiger partial charge in [0.15, 0.2) is 0 Å². The maximum absolute atomic E-state index is 15.0. The van der Waals surface area contributed by atoms with E-state index in [2.05, 4.69) is 41.3 Å². The van der Waals surface area contributed by atoms with E-state index in [1.54, 1.807) is 24.0 Å². The molecule has 3 aliphatic heterocycles. The Morgan fingerprint density at radius 2 is 1.79 bits per heavy atom. The number of rotatable bonds is 18. The molecule has 11 heteroatoms. The van der Waals surface area contributed by atoms with Crippen molar-refractivity contribution in [2.24, 2.45) is 11.8 Å². The lowest BCUT2D eigenvalue weighted by Gasteiger charge is -2.41. The Hall–Kier alpha value is -3.80. The van der Waals surface area contributed by atoms with Crippen LogP contribution >= 0.6 is 15.9 Å². The molecule has 2 aromatic carbocycles. The first-order chi connectivity index (χ1) is 25.0. The summed E-state index contributed by atoms with van der Waals surface area (Å²) in [5, 5.41) is 13.8. The quantitative estimate of drug-likeness (QED) is 0.120. The molecule has 5 rings (SSSR count). The highest BCUT2D eigenvalue weighted by molar-refractivity contribution is 9.09. The number of hydrogen-bond acceptors (Lipinski definition) is 7. The maximum atomic E-state index is 15.0. The molecule has 10 nitrogen and oxygen atoms in total. The monoisotopic (exact) mass is 777 g/mol. The first kappa shape index (κ1) is 39.4. The molecular formula is C41H52BrN3O7. The van der Waals surface area contributed by atoms with Crippen LogP contribution in [0.25, 0.3) is 0 Å². The maximum Gasteiger partial charge on any atom is 0.313 e. The second kappa shape index (κ2) is 17.4. The lowest BCUT2D eigenvalue weighted by Crippen LogP contribution is -2.60. The number of benzene rings is 2. The summed E-state index contributed by atoms with van der Waals surface area (Å²) in [6.45, 7) is 13.3. The summed E-state index contributed by atoms with van der Waals surface area (Å²) in [5.41, 5.74) is 0.229. The van der Waals surface area contributed by atoms with E-state index < -0.39 is 66.3 Å². The van der Waals surface area contributed by atoms with Gasteiger partial charge in [0, 0.05) is 23.8 Å². The summed E-state index contributed by atoms with van der Waals surface area (Å²) in [7, 11) is 0. The zero-order chi connectivity index (χ0) is 37.6. The third-order valence-corrected chi connectivity index (χ3v) is 11.6. The number of likely N-dealkylation sites (tertiary alicyclic amines) is 1. The second-order valence-corrected chi connectivity index (χ2v) is 15.5. The lowest BCUT2D eigenvalue weighted by molar-refractivity contribution is -0.162. The van der Waals surface area contributed by atoms with Crippen LogP contribution in [-0.2, 0) is 35.1 Å². The highest BCUT2D eigenvalue weighted by Crippen LogP contribution is 2.61. The first-order valence-electron chi connectivity index (χ1n) is 18.4. The Morgan fingerprint density at radius 1 is 1.12 bits per heavy atom. The molecule has 3 amide bonds. The van der Waals surface area contributed by atoms with E-state index in [1.807, 2.05) is 67.6 Å². The van der Waals surface area contributed by atoms with Crippen molar-refractivity contribution in [2.75, 3.05) is 13.2 Å². The van der Waals surface area contributed by atoms with Gasteiger partial charge in [0.2, 0.25) is 17.7 Å². The number of fused-ring (bicyclic) bond motifs is 1. The Labute approximate surface area is 315 Å². The number of nitrogens with one attached hydrogen (secondary N) is 1. The van der Waals surface area contributed by atoms with E-state index in [0.717, 1.165) is 18.4 Å². The number of carbonyl (C=O) groups is 4. The van der Waals surface area contributed by atoms with Crippen molar-refractivity contribution in [3.8, 4) is 0 Å². The van der Waals surface area contributed by atoms with Crippen molar-refractivity contribution in [2.45, 2.75) is 106 Å². The van der Waals surface area contributed by atoms with Crippen LogP contribution in [0.3, 0.4) is 0 Å². The SMILES string of the molecule is C=CCCC(=O)N[C@H](C)[C@@H](OC(=O)[C@H]1[C@@H]2O[C@@]3(CC2Br)[C@@H]1C(=O)N([C@@H](CO)Cc1ccccc1)[C@@H]3C(=O)N(CC=C)C(C)CCC)c1ccccc1. The minimum absolute atomic E-state index is 0.154. The molecule has 3 heterocycles. The first-order valence-corrected chi connectivity index (χ1v) is 19.3. The summed E-state index contributed by atoms with van der Waals surface area (Å²) in [5.74, 6) is -3.63. The molecule has 0 aliphatic carbocycles. The minimum atomic E-state index is -1.35. The van der Waals surface area contributed by atoms with Crippen LogP contribution in [0.1, 0.15) is 70.1 Å². The molecule has 3 aliphatic rings. The second-order valence-electron chi connectivity index (χ2n) is 14.3. The number of alkyl halides is 1. The highest BCUT2D eigenvalue weighted by atomic mass is 79.9. The number of allylic oxidation sites excluding steroid dienone is 1. The van der Waals surface area contributed by atoms with E-state index in [-0.39, 0.29) is 35.6 Å². The van der Waals surface area contributed by atoms with Crippen LogP contribution in [0.2, 0.25) is 0 Å². The van der Waals surface area contributed by atoms with Gasteiger partial charge in [0.05, 0.1) is 36.6 Å². The minimum Gasteiger partial charge on any atom is -0.455 e. The molecule has 3 fully saturated rings. The van der Waals surface area contributed by atoms with Gasteiger partial charge in [-0.25, -0.2) is 0 Å². The molecule has 280 valence electrons. The summed E-state index contributed by atoms with van der Waals surface area (Å²) < 4.78 is 13.1. The van der Waals surface area contributed by atoms with Gasteiger partial charge in [-0.15, -0.1) is 13.2 Å². The third kappa shape index (κ3) is 7.77. The van der Waals surface area contributed by atoms with E-state index in [4.69, 9.17) is 9.47 Å². The molecule has 0 radical (unpaired) electrons. The molecule has 0 saturated carbocycles. The molecule has 10 atom stereocenters. The van der Waals surface area contributed by atoms with Gasteiger partial charge in [-0.3, -0.25) is 19.2 Å². The van der Waals surface area contributed by atoms with Gasteiger partial charge in [-0.2, -0.15) is 0 Å². The molecule has 0 aromatic heterocycles. The van der Waals surface area contributed by atoms with Gasteiger partial charge in [-0.1, -0.05) is 102 Å². The molecular weight excluding hydrogens is 726 g/mol. The zero-order valence-electron chi connectivity index (χ0n) is 30.4. The molecule has 3 saturated heterocycles. The Morgan fingerprint density at radius 3 is 2.40 bits per heavy atom. The van der Waals surface area contributed by atoms with Gasteiger partial charge in [0.1, 0.15) is 17.7 Å². The molecule has 2 bridgehead atoms. The Kier molecular flexibility index (Phi) is 13.1. The predicted molar refractivity (Wildman–Crippen MR) is 202 cm³/mol. The fourth-order valence-electron chi connectivity index (χ4n) is 8.44. The Balaban J connectivity index is 1.54. The van der Waals surface area contributed by atoms with Crippen molar-refractivity contribution in [1.29, 1.82) is 0 Å². The van der Waals surface area contributed by atoms with Crippen LogP contribution in [0.5, 0.6) is 0 Å². The van der Waals surface area contributed by atoms with E-state index in [1.165, 1.54) is 4.90 Å². The number of aliphatic hydroxyl groups excluding tert-OH is 1. The van der Waals surface area contributed by atoms with Gasteiger partial charge >= 0.3 is 5.97 Å². The van der Waals surface area contributed by atoms with Crippen molar-refractivity contribution < 1.29 is 33.8 Å². The molecule has 2 N–H and O–H groups in total. The Bertz CT molecular complexity index is 1590. The van der Waals surface area contributed by atoms with E-state index in [0.29, 0.717) is 24.8 Å². The van der Waals surface area contributed by atoms with Gasteiger partial charge < -0.3 is 29.7 Å². The van der Waals surface area contributed by atoms with Gasteiger partial charge in [-0.05, 0) is 50.7 Å². The number of aliphatic hydroxyl groups is 1. The van der Waals surface area contributed by atoms with Gasteiger partial charge in [0.25, 0.3) is 0 Å². The predicted octanol–water partition coefficient (Wildman–Crippen LogP) is 5.30. The number of hydrogen-bond donors (Lipinski definition) is 2. The normalized spacial score (nSPS) is 26.9. The van der Waals surface area contributed by atoms with Crippen molar-refractivity contribution in [1.82, 2.24) is 15.1 Å². The van der Waals surface area contributed by atoms with Crippen LogP contribution in [-0.4, -0.2) is 92.4 Å². The largest absolute Gasteiger partial charge is 0.455 e. The summed E-state index contributed by atoms with van der Waals surface area (Å²) in [6, 6.07) is 16.1. The smallest absolute Gasteiger partial charge is 0.313 e. The lowest BCUT2D eigenvalue weighted by atomic mass is 9.70.